The standard InChI is InChI=1S/C11H12N2O2S/c1-7-2-3-8(15-7)4-9(12)11(14)10-5-16-6-13-10/h2-3,5-6,9H,4,12H2,1H3. The number of rotatable bonds is 4. The van der Waals surface area contributed by atoms with E-state index in [-0.39, 0.29) is 5.78 Å². The zero-order chi connectivity index (χ0) is 11.5. The van der Waals surface area contributed by atoms with Gasteiger partial charge in [0.05, 0.1) is 11.6 Å². The Morgan fingerprint density at radius 1 is 1.62 bits per heavy atom. The molecule has 0 spiro atoms. The van der Waals surface area contributed by atoms with Gasteiger partial charge in [0.2, 0.25) is 0 Å². The number of aryl methyl sites for hydroxylation is 1. The Labute approximate surface area is 97.1 Å². The van der Waals surface area contributed by atoms with E-state index in [1.54, 1.807) is 10.9 Å². The third-order valence-electron chi connectivity index (χ3n) is 2.24. The normalized spacial score (nSPS) is 12.6. The van der Waals surface area contributed by atoms with Crippen molar-refractivity contribution in [2.75, 3.05) is 0 Å². The lowest BCUT2D eigenvalue weighted by molar-refractivity contribution is 0.0954. The highest BCUT2D eigenvalue weighted by Crippen LogP contribution is 2.11. The van der Waals surface area contributed by atoms with E-state index in [0.29, 0.717) is 12.1 Å². The van der Waals surface area contributed by atoms with E-state index in [2.05, 4.69) is 4.98 Å². The van der Waals surface area contributed by atoms with Crippen molar-refractivity contribution >= 4 is 17.1 Å². The number of carbonyl (C=O) groups excluding carboxylic acids is 1. The highest BCUT2D eigenvalue weighted by molar-refractivity contribution is 7.07. The van der Waals surface area contributed by atoms with Crippen LogP contribution in [0, 0.1) is 6.92 Å². The molecule has 4 nitrogen and oxygen atoms in total. The molecule has 0 aromatic carbocycles. The number of thiazole rings is 1. The van der Waals surface area contributed by atoms with E-state index < -0.39 is 6.04 Å². The van der Waals surface area contributed by atoms with E-state index in [9.17, 15) is 4.79 Å². The van der Waals surface area contributed by atoms with Crippen molar-refractivity contribution in [3.8, 4) is 0 Å². The molecule has 16 heavy (non-hydrogen) atoms. The molecule has 2 rings (SSSR count). The van der Waals surface area contributed by atoms with Crippen LogP contribution in [0.4, 0.5) is 0 Å². The molecule has 1 atom stereocenters. The van der Waals surface area contributed by atoms with Crippen LogP contribution in [0.5, 0.6) is 0 Å². The van der Waals surface area contributed by atoms with Gasteiger partial charge in [-0.3, -0.25) is 4.79 Å². The van der Waals surface area contributed by atoms with Crippen LogP contribution in [0.25, 0.3) is 0 Å². The third kappa shape index (κ3) is 2.37. The first-order valence-corrected chi connectivity index (χ1v) is 5.84. The number of nitrogens with two attached hydrogens (primary N) is 1. The number of aromatic nitrogens is 1. The van der Waals surface area contributed by atoms with Crippen LogP contribution in [0.15, 0.2) is 27.4 Å². The second-order valence-electron chi connectivity index (χ2n) is 3.56. The molecule has 84 valence electrons. The predicted octanol–water partition coefficient (Wildman–Crippen LogP) is 1.80. The molecule has 0 amide bonds. The Morgan fingerprint density at radius 3 is 3.00 bits per heavy atom. The maximum Gasteiger partial charge on any atom is 0.199 e. The van der Waals surface area contributed by atoms with Gasteiger partial charge in [-0.25, -0.2) is 4.98 Å². The smallest absolute Gasteiger partial charge is 0.199 e. The summed E-state index contributed by atoms with van der Waals surface area (Å²) in [5, 5.41) is 1.70. The van der Waals surface area contributed by atoms with E-state index in [0.717, 1.165) is 11.5 Å². The van der Waals surface area contributed by atoms with Crippen LogP contribution < -0.4 is 5.73 Å². The molecule has 0 aliphatic rings. The number of Topliss-reactive ketones (excluding diaryl/α,β-unsaturated/α-hetero) is 1. The van der Waals surface area contributed by atoms with E-state index in [4.69, 9.17) is 10.2 Å². The quantitative estimate of drug-likeness (QED) is 0.822. The fraction of sp³-hybridized carbons (Fsp3) is 0.273. The van der Waals surface area contributed by atoms with Crippen molar-refractivity contribution in [3.63, 3.8) is 0 Å². The van der Waals surface area contributed by atoms with Crippen LogP contribution in [0.2, 0.25) is 0 Å². The van der Waals surface area contributed by atoms with Gasteiger partial charge in [-0.15, -0.1) is 11.3 Å². The van der Waals surface area contributed by atoms with E-state index in [1.807, 2.05) is 19.1 Å². The van der Waals surface area contributed by atoms with Gasteiger partial charge in [0.1, 0.15) is 17.2 Å². The first kappa shape index (κ1) is 11.0. The summed E-state index contributed by atoms with van der Waals surface area (Å²) in [7, 11) is 0. The highest BCUT2D eigenvalue weighted by atomic mass is 32.1. The van der Waals surface area contributed by atoms with Crippen LogP contribution in [0.3, 0.4) is 0 Å². The Hall–Kier alpha value is -1.46. The number of ketones is 1. The Morgan fingerprint density at radius 2 is 2.44 bits per heavy atom. The molecular formula is C11H12N2O2S. The van der Waals surface area contributed by atoms with Gasteiger partial charge >= 0.3 is 0 Å². The average Bonchev–Trinajstić information content (AvgIpc) is 2.88. The summed E-state index contributed by atoms with van der Waals surface area (Å²) in [5.41, 5.74) is 7.86. The first-order chi connectivity index (χ1) is 7.66. The van der Waals surface area contributed by atoms with E-state index in [1.165, 1.54) is 11.3 Å². The van der Waals surface area contributed by atoms with Crippen molar-refractivity contribution in [2.24, 2.45) is 5.73 Å². The topological polar surface area (TPSA) is 69.1 Å². The monoisotopic (exact) mass is 236 g/mol. The Bertz CT molecular complexity index is 476. The van der Waals surface area contributed by atoms with Crippen LogP contribution >= 0.6 is 11.3 Å². The highest BCUT2D eigenvalue weighted by Gasteiger charge is 2.19. The first-order valence-electron chi connectivity index (χ1n) is 4.90. The summed E-state index contributed by atoms with van der Waals surface area (Å²) in [4.78, 5) is 15.7. The van der Waals surface area contributed by atoms with Gasteiger partial charge in [0.15, 0.2) is 5.78 Å². The van der Waals surface area contributed by atoms with Crippen molar-refractivity contribution in [1.29, 1.82) is 0 Å². The average molecular weight is 236 g/mol. The van der Waals surface area contributed by atoms with Gasteiger partial charge in [0.25, 0.3) is 0 Å². The molecule has 0 bridgehead atoms. The Balaban J connectivity index is 2.03. The second-order valence-corrected chi connectivity index (χ2v) is 4.28. The number of hydrogen-bond acceptors (Lipinski definition) is 5. The minimum Gasteiger partial charge on any atom is -0.466 e. The van der Waals surface area contributed by atoms with Gasteiger partial charge in [-0.05, 0) is 19.1 Å². The van der Waals surface area contributed by atoms with Crippen molar-refractivity contribution in [1.82, 2.24) is 4.98 Å². The fourth-order valence-electron chi connectivity index (χ4n) is 1.43. The predicted molar refractivity (Wildman–Crippen MR) is 61.6 cm³/mol. The molecule has 2 aromatic heterocycles. The van der Waals surface area contributed by atoms with Gasteiger partial charge < -0.3 is 10.2 Å². The molecular weight excluding hydrogens is 224 g/mol. The summed E-state index contributed by atoms with van der Waals surface area (Å²) in [6, 6.07) is 3.10. The van der Waals surface area contributed by atoms with Crippen molar-refractivity contribution in [3.05, 3.63) is 40.2 Å². The molecule has 0 saturated carbocycles. The maximum absolute atomic E-state index is 11.8. The largest absolute Gasteiger partial charge is 0.466 e. The number of hydrogen-bond donors (Lipinski definition) is 1. The van der Waals surface area contributed by atoms with Crippen molar-refractivity contribution < 1.29 is 9.21 Å². The molecule has 0 radical (unpaired) electrons. The lowest BCUT2D eigenvalue weighted by atomic mass is 10.1. The fourth-order valence-corrected chi connectivity index (χ4v) is 1.97. The van der Waals surface area contributed by atoms with Crippen LogP contribution in [-0.2, 0) is 6.42 Å². The van der Waals surface area contributed by atoms with Crippen molar-refractivity contribution in [2.45, 2.75) is 19.4 Å². The zero-order valence-corrected chi connectivity index (χ0v) is 9.66. The zero-order valence-electron chi connectivity index (χ0n) is 8.84. The molecule has 2 N–H and O–H groups in total. The lowest BCUT2D eigenvalue weighted by Gasteiger charge is -2.06. The summed E-state index contributed by atoms with van der Waals surface area (Å²) < 4.78 is 5.37. The molecule has 0 aliphatic heterocycles. The lowest BCUT2D eigenvalue weighted by Crippen LogP contribution is -2.32. The molecule has 0 fully saturated rings. The summed E-state index contributed by atoms with van der Waals surface area (Å²) in [6.07, 6.45) is 0.407. The molecule has 1 unspecified atom stereocenters. The second kappa shape index (κ2) is 4.59. The number of carbonyl (C=O) groups is 1. The summed E-state index contributed by atoms with van der Waals surface area (Å²) in [5.74, 6) is 1.41. The molecule has 0 saturated heterocycles. The maximum atomic E-state index is 11.8. The van der Waals surface area contributed by atoms with Gasteiger partial charge in [-0.2, -0.15) is 0 Å². The number of nitrogens with zero attached hydrogens (tertiary/aromatic N) is 1. The molecule has 0 aliphatic carbocycles. The summed E-state index contributed by atoms with van der Waals surface area (Å²) in [6.45, 7) is 1.86. The number of furan rings is 1. The SMILES string of the molecule is Cc1ccc(CC(N)C(=O)c2cscn2)o1. The van der Waals surface area contributed by atoms with Gasteiger partial charge in [-0.1, -0.05) is 0 Å². The summed E-state index contributed by atoms with van der Waals surface area (Å²) >= 11 is 1.38. The van der Waals surface area contributed by atoms with Crippen LogP contribution in [0.1, 0.15) is 22.0 Å². The molecule has 2 aromatic rings. The van der Waals surface area contributed by atoms with Crippen LogP contribution in [-0.4, -0.2) is 16.8 Å². The third-order valence-corrected chi connectivity index (χ3v) is 2.83. The Kier molecular flexibility index (Phi) is 3.17. The molecule has 2 heterocycles. The molecule has 5 heteroatoms. The van der Waals surface area contributed by atoms with Gasteiger partial charge in [0, 0.05) is 11.8 Å². The minimum absolute atomic E-state index is 0.143. The van der Waals surface area contributed by atoms with E-state index >= 15 is 0 Å². The minimum atomic E-state index is -0.590.